The van der Waals surface area contributed by atoms with Crippen LogP contribution in [0, 0.1) is 6.92 Å². The molecule has 0 fully saturated rings. The van der Waals surface area contributed by atoms with E-state index in [9.17, 15) is 18.0 Å². The molecular weight excluding hydrogens is 413 g/mol. The van der Waals surface area contributed by atoms with Crippen LogP contribution < -0.4 is 10.6 Å². The van der Waals surface area contributed by atoms with Crippen LogP contribution >= 0.6 is 12.4 Å². The van der Waals surface area contributed by atoms with Crippen LogP contribution in [0.15, 0.2) is 60.7 Å². The van der Waals surface area contributed by atoms with E-state index in [1.807, 2.05) is 37.3 Å². The fourth-order valence-corrected chi connectivity index (χ4v) is 3.51. The van der Waals surface area contributed by atoms with Gasteiger partial charge in [-0.25, -0.2) is 0 Å². The molecule has 0 spiro atoms. The number of hydrogen-bond donors (Lipinski definition) is 2. The highest BCUT2D eigenvalue weighted by molar-refractivity contribution is 6.09. The zero-order chi connectivity index (χ0) is 20.6. The Bertz CT molecular complexity index is 1080. The van der Waals surface area contributed by atoms with E-state index in [1.165, 1.54) is 12.1 Å². The number of fused-ring (bicyclic) bond motifs is 1. The number of amides is 1. The van der Waals surface area contributed by atoms with E-state index in [0.29, 0.717) is 22.4 Å². The summed E-state index contributed by atoms with van der Waals surface area (Å²) in [6.07, 6.45) is -3.49. The maximum atomic E-state index is 12.9. The summed E-state index contributed by atoms with van der Waals surface area (Å²) in [5, 5.41) is 6.18. The number of carbonyl (C=O) groups excluding carboxylic acids is 1. The van der Waals surface area contributed by atoms with Crippen molar-refractivity contribution >= 4 is 29.7 Å². The van der Waals surface area contributed by atoms with Crippen molar-refractivity contribution in [3.63, 3.8) is 0 Å². The van der Waals surface area contributed by atoms with Gasteiger partial charge in [-0.2, -0.15) is 13.2 Å². The second-order valence-electron chi connectivity index (χ2n) is 7.13. The second-order valence-corrected chi connectivity index (χ2v) is 7.13. The van der Waals surface area contributed by atoms with Crippen molar-refractivity contribution in [1.82, 2.24) is 0 Å². The minimum absolute atomic E-state index is 0. The van der Waals surface area contributed by atoms with Crippen LogP contribution in [-0.2, 0) is 12.6 Å². The topological polar surface area (TPSA) is 41.1 Å². The smallest absolute Gasteiger partial charge is 0.384 e. The molecule has 0 bridgehead atoms. The highest BCUT2D eigenvalue weighted by atomic mass is 35.5. The Hall–Kier alpha value is -2.99. The van der Waals surface area contributed by atoms with Crippen LogP contribution in [0.25, 0.3) is 11.1 Å². The summed E-state index contributed by atoms with van der Waals surface area (Å²) >= 11 is 0. The first-order chi connectivity index (χ1) is 13.8. The highest BCUT2D eigenvalue weighted by Crippen LogP contribution is 2.33. The van der Waals surface area contributed by atoms with Gasteiger partial charge in [0.05, 0.1) is 5.56 Å². The van der Waals surface area contributed by atoms with E-state index < -0.39 is 11.7 Å². The molecule has 3 aromatic carbocycles. The average molecular weight is 433 g/mol. The van der Waals surface area contributed by atoms with E-state index in [1.54, 1.807) is 6.07 Å². The van der Waals surface area contributed by atoms with Gasteiger partial charge in [-0.1, -0.05) is 29.8 Å². The Morgan fingerprint density at radius 1 is 1.00 bits per heavy atom. The molecular formula is C23H20ClF3N2O. The lowest BCUT2D eigenvalue weighted by Gasteiger charge is -2.13. The average Bonchev–Trinajstić information content (AvgIpc) is 3.15. The van der Waals surface area contributed by atoms with Crippen LogP contribution in [0.5, 0.6) is 0 Å². The first-order valence-corrected chi connectivity index (χ1v) is 9.28. The van der Waals surface area contributed by atoms with E-state index in [4.69, 9.17) is 0 Å². The molecule has 7 heteroatoms. The highest BCUT2D eigenvalue weighted by Gasteiger charge is 2.30. The molecule has 2 N–H and O–H groups in total. The van der Waals surface area contributed by atoms with Gasteiger partial charge < -0.3 is 10.6 Å². The van der Waals surface area contributed by atoms with Crippen LogP contribution in [0.4, 0.5) is 24.5 Å². The zero-order valence-electron chi connectivity index (χ0n) is 16.1. The second kappa shape index (κ2) is 8.40. The van der Waals surface area contributed by atoms with Crippen molar-refractivity contribution in [2.75, 3.05) is 17.2 Å². The van der Waals surface area contributed by atoms with E-state index >= 15 is 0 Å². The predicted octanol–water partition coefficient (Wildman–Crippen LogP) is 6.32. The van der Waals surface area contributed by atoms with Gasteiger partial charge >= 0.3 is 6.18 Å². The Kier molecular flexibility index (Phi) is 6.08. The molecule has 0 saturated heterocycles. The molecule has 0 saturated carbocycles. The molecule has 156 valence electrons. The molecule has 4 rings (SSSR count). The number of nitrogens with one attached hydrogen (secondary N) is 2. The fraction of sp³-hybridized carbons (Fsp3) is 0.174. The summed E-state index contributed by atoms with van der Waals surface area (Å²) in [7, 11) is 0. The predicted molar refractivity (Wildman–Crippen MR) is 115 cm³/mol. The Labute approximate surface area is 178 Å². The summed E-state index contributed by atoms with van der Waals surface area (Å²) in [6.45, 7) is 2.76. The van der Waals surface area contributed by atoms with Crippen molar-refractivity contribution in [3.8, 4) is 11.1 Å². The quantitative estimate of drug-likeness (QED) is 0.508. The Balaban J connectivity index is 0.00000256. The van der Waals surface area contributed by atoms with Gasteiger partial charge in [-0.15, -0.1) is 12.4 Å². The van der Waals surface area contributed by atoms with Crippen LogP contribution in [0.3, 0.4) is 0 Å². The van der Waals surface area contributed by atoms with Gasteiger partial charge in [0.2, 0.25) is 0 Å². The normalized spacial score (nSPS) is 12.5. The van der Waals surface area contributed by atoms with E-state index in [2.05, 4.69) is 10.6 Å². The van der Waals surface area contributed by atoms with E-state index in [-0.39, 0.29) is 18.3 Å². The van der Waals surface area contributed by atoms with Crippen molar-refractivity contribution in [2.24, 2.45) is 0 Å². The maximum Gasteiger partial charge on any atom is 0.416 e. The lowest BCUT2D eigenvalue weighted by Crippen LogP contribution is -2.13. The zero-order valence-corrected chi connectivity index (χ0v) is 17.0. The monoisotopic (exact) mass is 432 g/mol. The van der Waals surface area contributed by atoms with Gasteiger partial charge in [-0.3, -0.25) is 4.79 Å². The lowest BCUT2D eigenvalue weighted by molar-refractivity contribution is -0.137. The van der Waals surface area contributed by atoms with Gasteiger partial charge in [0.25, 0.3) is 5.91 Å². The SMILES string of the molecule is Cc1ccc(C(=O)Nc2ccc3c(c2)CCN3)c(-c2ccc(C(F)(F)F)cc2)c1.Cl. The molecule has 3 aromatic rings. The molecule has 0 unspecified atom stereocenters. The molecule has 1 amide bonds. The summed E-state index contributed by atoms with van der Waals surface area (Å²) in [5.74, 6) is -0.300. The van der Waals surface area contributed by atoms with Gasteiger partial charge in [-0.05, 0) is 66.4 Å². The first kappa shape index (κ1) is 21.7. The van der Waals surface area contributed by atoms with Crippen LogP contribution in [-0.4, -0.2) is 12.5 Å². The summed E-state index contributed by atoms with van der Waals surface area (Å²) in [5.41, 5.74) is 4.68. The molecule has 1 aliphatic heterocycles. The van der Waals surface area contributed by atoms with Gasteiger partial charge in [0.15, 0.2) is 0 Å². The summed E-state index contributed by atoms with van der Waals surface area (Å²) in [6, 6.07) is 15.9. The van der Waals surface area contributed by atoms with Crippen molar-refractivity contribution in [3.05, 3.63) is 82.9 Å². The molecule has 0 aliphatic carbocycles. The molecule has 30 heavy (non-hydrogen) atoms. The lowest BCUT2D eigenvalue weighted by atomic mass is 9.96. The largest absolute Gasteiger partial charge is 0.416 e. The summed E-state index contributed by atoms with van der Waals surface area (Å²) < 4.78 is 38.6. The number of aryl methyl sites for hydroxylation is 1. The van der Waals surface area contributed by atoms with E-state index in [0.717, 1.165) is 41.9 Å². The van der Waals surface area contributed by atoms with Gasteiger partial charge in [0.1, 0.15) is 0 Å². The van der Waals surface area contributed by atoms with Crippen LogP contribution in [0.2, 0.25) is 0 Å². The van der Waals surface area contributed by atoms with Crippen LogP contribution in [0.1, 0.15) is 27.0 Å². The third-order valence-corrected chi connectivity index (χ3v) is 5.02. The third kappa shape index (κ3) is 4.44. The standard InChI is InChI=1S/C23H19F3N2O.ClH/c1-14-2-8-19(20(12-14)15-3-5-17(6-4-15)23(24,25)26)22(29)28-18-7-9-21-16(13-18)10-11-27-21;/h2-9,12-13,27H,10-11H2,1H3,(H,28,29);1H. The number of carbonyl (C=O) groups is 1. The number of hydrogen-bond acceptors (Lipinski definition) is 2. The molecule has 0 aromatic heterocycles. The molecule has 3 nitrogen and oxygen atoms in total. The van der Waals surface area contributed by atoms with Gasteiger partial charge in [0, 0.05) is 23.5 Å². The number of halogens is 4. The summed E-state index contributed by atoms with van der Waals surface area (Å²) in [4.78, 5) is 12.9. The number of benzene rings is 3. The molecule has 0 atom stereocenters. The first-order valence-electron chi connectivity index (χ1n) is 9.28. The number of anilines is 2. The number of alkyl halides is 3. The Morgan fingerprint density at radius 3 is 2.43 bits per heavy atom. The maximum absolute atomic E-state index is 12.9. The number of rotatable bonds is 3. The van der Waals surface area contributed by atoms with Crippen molar-refractivity contribution in [2.45, 2.75) is 19.5 Å². The molecule has 1 aliphatic rings. The molecule has 1 heterocycles. The minimum atomic E-state index is -4.40. The minimum Gasteiger partial charge on any atom is -0.384 e. The third-order valence-electron chi connectivity index (χ3n) is 5.02. The van der Waals surface area contributed by atoms with Crippen molar-refractivity contribution < 1.29 is 18.0 Å². The Morgan fingerprint density at radius 2 is 1.73 bits per heavy atom. The molecule has 0 radical (unpaired) electrons. The fourth-order valence-electron chi connectivity index (χ4n) is 3.51. The van der Waals surface area contributed by atoms with Crippen molar-refractivity contribution in [1.29, 1.82) is 0 Å².